The minimum Gasteiger partial charge on any atom is -0.508 e. The van der Waals surface area contributed by atoms with Crippen LogP contribution in [0.25, 0.3) is 44.0 Å². The summed E-state index contributed by atoms with van der Waals surface area (Å²) in [4.78, 5) is 60.2. The standard InChI is InChI=1S/C53H58F3N9O7/c1-2-35-38(54)6-4-32-24-34(66)26-36(43(32)35)45-44(55)46-37(27-57-45)47(64-16-3-10-53(30-64)15-23-71-53)60-49(59-46)70-31-51(11-12-51)28-61-17-13-52(56,14-18-61)29-62-19-21-63(22-20-62)33-5-7-39-41(25-33)72-50(69)65(39)40-8-9-42(67)58-48(40)68/h4-7,24-27,40,66H,2-3,8-23,28-31H2,1H3,(H,58,67,68)/t40?,53-/m0/s1. The van der Waals surface area contributed by atoms with E-state index in [1.54, 1.807) is 24.4 Å². The number of piperazine rings is 1. The highest BCUT2D eigenvalue weighted by molar-refractivity contribution is 6.02. The van der Waals surface area contributed by atoms with E-state index in [4.69, 9.17) is 23.9 Å². The molecule has 6 aromatic rings. The molecule has 5 aliphatic heterocycles. The number of likely N-dealkylation sites (tertiary alicyclic amines) is 1. The summed E-state index contributed by atoms with van der Waals surface area (Å²) in [5.41, 5.74) is 0.605. The van der Waals surface area contributed by atoms with Crippen molar-refractivity contribution < 1.29 is 41.8 Å². The van der Waals surface area contributed by atoms with Gasteiger partial charge in [0.1, 0.15) is 40.3 Å². The zero-order valence-corrected chi connectivity index (χ0v) is 40.4. The molecule has 378 valence electrons. The van der Waals surface area contributed by atoms with Crippen molar-refractivity contribution in [3.8, 4) is 23.0 Å². The van der Waals surface area contributed by atoms with Gasteiger partial charge in [-0.25, -0.2) is 18.0 Å². The van der Waals surface area contributed by atoms with E-state index in [2.05, 4.69) is 29.9 Å². The van der Waals surface area contributed by atoms with Crippen LogP contribution in [0.5, 0.6) is 11.8 Å². The van der Waals surface area contributed by atoms with Gasteiger partial charge in [-0.05, 0) is 98.0 Å². The molecule has 19 heteroatoms. The van der Waals surface area contributed by atoms with Gasteiger partial charge in [0.15, 0.2) is 11.4 Å². The fourth-order valence-corrected chi connectivity index (χ4v) is 12.0. The van der Waals surface area contributed by atoms with Crippen molar-refractivity contribution in [1.29, 1.82) is 0 Å². The molecular weight excluding hydrogens is 932 g/mol. The van der Waals surface area contributed by atoms with Gasteiger partial charge in [0.2, 0.25) is 11.8 Å². The van der Waals surface area contributed by atoms with E-state index in [1.165, 1.54) is 22.8 Å². The van der Waals surface area contributed by atoms with Crippen LogP contribution in [0.3, 0.4) is 0 Å². The van der Waals surface area contributed by atoms with E-state index in [-0.39, 0.29) is 58.3 Å². The Bertz CT molecular complexity index is 3190. The number of aryl methyl sites for hydroxylation is 1. The molecule has 2 amide bonds. The molecule has 12 rings (SSSR count). The largest absolute Gasteiger partial charge is 0.508 e. The van der Waals surface area contributed by atoms with Crippen molar-refractivity contribution in [1.82, 2.24) is 34.6 Å². The number of carbonyl (C=O) groups is 2. The maximum Gasteiger partial charge on any atom is 0.420 e. The highest BCUT2D eigenvalue weighted by Crippen LogP contribution is 2.48. The lowest BCUT2D eigenvalue weighted by molar-refractivity contribution is -0.151. The number of amides is 2. The van der Waals surface area contributed by atoms with Crippen LogP contribution in [0.15, 0.2) is 57.9 Å². The lowest BCUT2D eigenvalue weighted by Crippen LogP contribution is -2.56. The molecule has 6 aliphatic rings. The summed E-state index contributed by atoms with van der Waals surface area (Å²) < 4.78 is 68.5. The molecule has 6 fully saturated rings. The third-order valence-electron chi connectivity index (χ3n) is 16.3. The molecule has 8 heterocycles. The summed E-state index contributed by atoms with van der Waals surface area (Å²) in [5.74, 6) is -2.22. The molecule has 1 saturated carbocycles. The lowest BCUT2D eigenvalue weighted by atomic mass is 9.86. The Balaban J connectivity index is 0.705. The molecular formula is C53H58F3N9O7. The molecule has 2 N–H and O–H groups in total. The van der Waals surface area contributed by atoms with Crippen molar-refractivity contribution >= 4 is 56.1 Å². The van der Waals surface area contributed by atoms with Crippen molar-refractivity contribution in [2.75, 3.05) is 88.5 Å². The van der Waals surface area contributed by atoms with E-state index >= 15 is 13.2 Å². The second-order valence-electron chi connectivity index (χ2n) is 21.1. The Kier molecular flexibility index (Phi) is 11.7. The van der Waals surface area contributed by atoms with Crippen LogP contribution < -0.4 is 25.6 Å². The zero-order valence-electron chi connectivity index (χ0n) is 40.4. The number of halogens is 3. The van der Waals surface area contributed by atoms with Crippen LogP contribution in [0, 0.1) is 17.0 Å². The van der Waals surface area contributed by atoms with Crippen molar-refractivity contribution in [3.05, 3.63) is 76.4 Å². The van der Waals surface area contributed by atoms with Crippen LogP contribution in [0.2, 0.25) is 0 Å². The van der Waals surface area contributed by atoms with Gasteiger partial charge in [0, 0.05) is 107 Å². The van der Waals surface area contributed by atoms with Gasteiger partial charge in [0.25, 0.3) is 0 Å². The van der Waals surface area contributed by atoms with Crippen LogP contribution in [0.1, 0.15) is 76.3 Å². The summed E-state index contributed by atoms with van der Waals surface area (Å²) in [7, 11) is 0. The van der Waals surface area contributed by atoms with E-state index in [9.17, 15) is 19.5 Å². The van der Waals surface area contributed by atoms with Crippen molar-refractivity contribution in [2.45, 2.75) is 88.4 Å². The van der Waals surface area contributed by atoms with Gasteiger partial charge in [-0.15, -0.1) is 0 Å². The Hall–Kier alpha value is -6.31. The van der Waals surface area contributed by atoms with Gasteiger partial charge in [-0.2, -0.15) is 9.97 Å². The number of hydrogen-bond acceptors (Lipinski definition) is 14. The number of fused-ring (bicyclic) bond motifs is 3. The van der Waals surface area contributed by atoms with E-state index in [0.29, 0.717) is 130 Å². The Morgan fingerprint density at radius 3 is 2.42 bits per heavy atom. The van der Waals surface area contributed by atoms with Crippen molar-refractivity contribution in [2.24, 2.45) is 5.41 Å². The number of piperidine rings is 3. The number of phenolic OH excluding ortho intramolecular Hbond substituents is 1. The number of aromatic nitrogens is 4. The second-order valence-corrected chi connectivity index (χ2v) is 21.1. The summed E-state index contributed by atoms with van der Waals surface area (Å²) in [6.07, 6.45) is 7.72. The van der Waals surface area contributed by atoms with E-state index in [1.807, 2.05) is 13.0 Å². The first kappa shape index (κ1) is 46.7. The van der Waals surface area contributed by atoms with E-state index < -0.39 is 35.0 Å². The maximum atomic E-state index is 17.2. The third-order valence-corrected chi connectivity index (χ3v) is 16.3. The van der Waals surface area contributed by atoms with Crippen LogP contribution in [-0.4, -0.2) is 136 Å². The molecule has 1 aliphatic carbocycles. The van der Waals surface area contributed by atoms with Crippen LogP contribution in [-0.2, 0) is 20.7 Å². The number of imide groups is 1. The molecule has 0 bridgehead atoms. The molecule has 2 atom stereocenters. The number of ether oxygens (including phenoxy) is 2. The number of benzene rings is 3. The first-order valence-corrected chi connectivity index (χ1v) is 25.5. The number of oxazole rings is 1. The Labute approximate surface area is 413 Å². The number of nitrogens with zero attached hydrogens (tertiary/aromatic N) is 8. The minimum atomic E-state index is -1.32. The predicted octanol–water partition coefficient (Wildman–Crippen LogP) is 6.82. The monoisotopic (exact) mass is 989 g/mol. The van der Waals surface area contributed by atoms with Gasteiger partial charge in [-0.3, -0.25) is 29.4 Å². The normalized spacial score (nSPS) is 23.5. The molecule has 3 aromatic heterocycles. The maximum absolute atomic E-state index is 17.2. The molecule has 3 aromatic carbocycles. The topological polar surface area (TPSA) is 172 Å². The zero-order chi connectivity index (χ0) is 49.5. The Morgan fingerprint density at radius 2 is 1.68 bits per heavy atom. The second kappa shape index (κ2) is 18.0. The SMILES string of the molecule is CCc1c(F)ccc2cc(O)cc(-c3ncc4c(N5CCC[C@]6(CCO6)C5)nc(OCC5(CN6CCC(F)(CN7CCN(c8ccc9c(c8)oc(=O)n9C8CCC(=O)NC8=O)CC7)CC6)CC5)nc4c3F)c12. The number of carbonyl (C=O) groups excluding carboxylic acids is 2. The molecule has 0 radical (unpaired) electrons. The van der Waals surface area contributed by atoms with Crippen LogP contribution in [0.4, 0.5) is 24.7 Å². The highest BCUT2D eigenvalue weighted by atomic mass is 19.1. The van der Waals surface area contributed by atoms with Crippen molar-refractivity contribution in [3.63, 3.8) is 0 Å². The molecule has 5 saturated heterocycles. The van der Waals surface area contributed by atoms with Crippen LogP contribution >= 0.6 is 0 Å². The fraction of sp³-hybridized carbons (Fsp3) is 0.509. The number of phenols is 1. The average molecular weight is 990 g/mol. The quantitative estimate of drug-likeness (QED) is 0.122. The molecule has 72 heavy (non-hydrogen) atoms. The predicted molar refractivity (Wildman–Crippen MR) is 263 cm³/mol. The summed E-state index contributed by atoms with van der Waals surface area (Å²) >= 11 is 0. The summed E-state index contributed by atoms with van der Waals surface area (Å²) in [6, 6.07) is 10.6. The fourth-order valence-electron chi connectivity index (χ4n) is 12.0. The van der Waals surface area contributed by atoms with E-state index in [0.717, 1.165) is 44.3 Å². The average Bonchev–Trinajstić information content (AvgIpc) is 4.05. The number of anilines is 2. The first-order valence-electron chi connectivity index (χ1n) is 25.5. The number of pyridine rings is 1. The van der Waals surface area contributed by atoms with Gasteiger partial charge in [-0.1, -0.05) is 13.0 Å². The molecule has 16 nitrogen and oxygen atoms in total. The summed E-state index contributed by atoms with van der Waals surface area (Å²) in [6.45, 7) is 9.14. The number of aromatic hydroxyl groups is 1. The van der Waals surface area contributed by atoms with Gasteiger partial charge in [0.05, 0.1) is 29.7 Å². The van der Waals surface area contributed by atoms with Gasteiger partial charge >= 0.3 is 11.8 Å². The lowest BCUT2D eigenvalue weighted by Gasteiger charge is -2.48. The molecule has 1 spiro atoms. The highest BCUT2D eigenvalue weighted by Gasteiger charge is 2.48. The number of alkyl halides is 1. The number of rotatable bonds is 12. The Morgan fingerprint density at radius 1 is 0.889 bits per heavy atom. The summed E-state index contributed by atoms with van der Waals surface area (Å²) in [5, 5.41) is 14.5. The number of hydrogen-bond donors (Lipinski definition) is 2. The first-order chi connectivity index (χ1) is 34.8. The number of nitrogens with one attached hydrogen (secondary N) is 1. The molecule has 1 unspecified atom stereocenters. The van der Waals surface area contributed by atoms with Gasteiger partial charge < -0.3 is 33.7 Å². The minimum absolute atomic E-state index is 0.0253. The smallest absolute Gasteiger partial charge is 0.420 e. The third kappa shape index (κ3) is 8.59.